The fraction of sp³-hybridized carbons (Fsp3) is 0.450. The number of hydrogen-bond acceptors (Lipinski definition) is 4. The highest BCUT2D eigenvalue weighted by Gasteiger charge is 2.07. The van der Waals surface area contributed by atoms with Gasteiger partial charge in [0.15, 0.2) is 11.8 Å². The molecular weight excluding hydrogens is 340 g/mol. The van der Waals surface area contributed by atoms with Crippen LogP contribution in [0.15, 0.2) is 48.0 Å². The van der Waals surface area contributed by atoms with Crippen molar-refractivity contribution in [1.82, 2.24) is 25.4 Å². The molecule has 27 heavy (non-hydrogen) atoms. The summed E-state index contributed by atoms with van der Waals surface area (Å²) in [7, 11) is 1.94. The van der Waals surface area contributed by atoms with E-state index in [1.54, 1.807) is 6.08 Å². The number of aryl methyl sites for hydroxylation is 1. The average molecular weight is 371 g/mol. The van der Waals surface area contributed by atoms with Crippen molar-refractivity contribution in [3.63, 3.8) is 0 Å². The predicted molar refractivity (Wildman–Crippen MR) is 108 cm³/mol. The van der Waals surface area contributed by atoms with Crippen LogP contribution in [0, 0.1) is 12.8 Å². The lowest BCUT2D eigenvalue weighted by Crippen LogP contribution is -2.40. The third-order valence-electron chi connectivity index (χ3n) is 4.11. The molecule has 2 N–H and O–H groups in total. The molecule has 0 bridgehead atoms. The SMILES string of the molecule is C=CCNC(=NCc1nnc(C)n1C)NCC(C)COCc1ccccc1. The molecule has 0 spiro atoms. The molecule has 0 aliphatic carbocycles. The van der Waals surface area contributed by atoms with Gasteiger partial charge in [0.05, 0.1) is 13.2 Å². The topological polar surface area (TPSA) is 76.4 Å². The van der Waals surface area contributed by atoms with E-state index in [9.17, 15) is 0 Å². The van der Waals surface area contributed by atoms with Gasteiger partial charge in [-0.2, -0.15) is 0 Å². The number of ether oxygens (including phenoxy) is 1. The summed E-state index contributed by atoms with van der Waals surface area (Å²) in [4.78, 5) is 4.59. The highest BCUT2D eigenvalue weighted by molar-refractivity contribution is 5.79. The lowest BCUT2D eigenvalue weighted by Gasteiger charge is -2.16. The highest BCUT2D eigenvalue weighted by Crippen LogP contribution is 2.03. The van der Waals surface area contributed by atoms with Crippen LogP contribution in [0.3, 0.4) is 0 Å². The Balaban J connectivity index is 1.79. The molecule has 1 aromatic carbocycles. The predicted octanol–water partition coefficient (Wildman–Crippen LogP) is 2.20. The molecule has 2 rings (SSSR count). The first kappa shape index (κ1) is 20.6. The van der Waals surface area contributed by atoms with Crippen LogP contribution in [0.4, 0.5) is 0 Å². The number of guanidine groups is 1. The normalized spacial score (nSPS) is 12.6. The van der Waals surface area contributed by atoms with Crippen molar-refractivity contribution in [1.29, 1.82) is 0 Å². The standard InChI is InChI=1S/C20H30N6O/c1-5-11-21-20(23-13-19-25-24-17(3)26(19)4)22-12-16(2)14-27-15-18-9-7-6-8-10-18/h5-10,16H,1,11-15H2,2-4H3,(H2,21,22,23). The first-order chi connectivity index (χ1) is 13.1. The van der Waals surface area contributed by atoms with Crippen LogP contribution in [0.25, 0.3) is 0 Å². The minimum atomic E-state index is 0.349. The van der Waals surface area contributed by atoms with Crippen molar-refractivity contribution < 1.29 is 4.74 Å². The molecule has 1 atom stereocenters. The summed E-state index contributed by atoms with van der Waals surface area (Å²) in [5, 5.41) is 14.8. The number of nitrogens with zero attached hydrogens (tertiary/aromatic N) is 4. The van der Waals surface area contributed by atoms with E-state index in [1.165, 1.54) is 5.56 Å². The summed E-state index contributed by atoms with van der Waals surface area (Å²) >= 11 is 0. The first-order valence-electron chi connectivity index (χ1n) is 9.19. The molecule has 146 valence electrons. The van der Waals surface area contributed by atoms with Gasteiger partial charge in [0, 0.05) is 20.1 Å². The zero-order valence-corrected chi connectivity index (χ0v) is 16.5. The molecule has 0 amide bonds. The van der Waals surface area contributed by atoms with Crippen LogP contribution >= 0.6 is 0 Å². The Morgan fingerprint density at radius 1 is 1.30 bits per heavy atom. The Kier molecular flexibility index (Phi) is 8.51. The van der Waals surface area contributed by atoms with E-state index < -0.39 is 0 Å². The molecule has 7 nitrogen and oxygen atoms in total. The van der Waals surface area contributed by atoms with Crippen molar-refractivity contribution >= 4 is 5.96 Å². The van der Waals surface area contributed by atoms with E-state index in [2.05, 4.69) is 51.5 Å². The van der Waals surface area contributed by atoms with Crippen LogP contribution < -0.4 is 10.6 Å². The van der Waals surface area contributed by atoms with Crippen LogP contribution in [0.1, 0.15) is 24.1 Å². The second kappa shape index (κ2) is 11.1. The molecule has 0 fully saturated rings. The van der Waals surface area contributed by atoms with Crippen molar-refractivity contribution in [3.8, 4) is 0 Å². The number of nitrogens with one attached hydrogen (secondary N) is 2. The van der Waals surface area contributed by atoms with Crippen LogP contribution in [-0.2, 0) is 24.9 Å². The van der Waals surface area contributed by atoms with Crippen LogP contribution in [0.2, 0.25) is 0 Å². The maximum Gasteiger partial charge on any atom is 0.191 e. The fourth-order valence-corrected chi connectivity index (χ4v) is 2.36. The molecule has 0 aliphatic rings. The Bertz CT molecular complexity index is 725. The quantitative estimate of drug-likeness (QED) is 0.381. The van der Waals surface area contributed by atoms with Gasteiger partial charge < -0.3 is 19.9 Å². The Morgan fingerprint density at radius 2 is 2.07 bits per heavy atom. The van der Waals surface area contributed by atoms with E-state index in [-0.39, 0.29) is 0 Å². The maximum atomic E-state index is 5.80. The fourth-order valence-electron chi connectivity index (χ4n) is 2.36. The van der Waals surface area contributed by atoms with Gasteiger partial charge in [-0.05, 0) is 18.4 Å². The van der Waals surface area contributed by atoms with Gasteiger partial charge >= 0.3 is 0 Å². The molecule has 2 aromatic rings. The molecule has 0 aliphatic heterocycles. The minimum Gasteiger partial charge on any atom is -0.376 e. The second-order valence-electron chi connectivity index (χ2n) is 6.54. The van der Waals surface area contributed by atoms with Gasteiger partial charge in [0.25, 0.3) is 0 Å². The largest absolute Gasteiger partial charge is 0.376 e. The summed E-state index contributed by atoms with van der Waals surface area (Å²) in [6, 6.07) is 10.2. The Hall–Kier alpha value is -2.67. The zero-order valence-electron chi connectivity index (χ0n) is 16.5. The smallest absolute Gasteiger partial charge is 0.191 e. The molecular formula is C20H30N6O. The average Bonchev–Trinajstić information content (AvgIpc) is 3.00. The van der Waals surface area contributed by atoms with Crippen molar-refractivity contribution in [2.75, 3.05) is 19.7 Å². The Labute approximate surface area is 161 Å². The van der Waals surface area contributed by atoms with Gasteiger partial charge in [0.1, 0.15) is 12.4 Å². The summed E-state index contributed by atoms with van der Waals surface area (Å²) < 4.78 is 7.74. The lowest BCUT2D eigenvalue weighted by molar-refractivity contribution is 0.0931. The lowest BCUT2D eigenvalue weighted by atomic mass is 10.2. The van der Waals surface area contributed by atoms with E-state index >= 15 is 0 Å². The molecule has 0 saturated carbocycles. The van der Waals surface area contributed by atoms with Gasteiger partial charge in [-0.1, -0.05) is 43.3 Å². The number of rotatable bonds is 10. The summed E-state index contributed by atoms with van der Waals surface area (Å²) in [6.07, 6.45) is 1.80. The summed E-state index contributed by atoms with van der Waals surface area (Å²) in [6.45, 7) is 11.0. The molecule has 1 unspecified atom stereocenters. The number of aliphatic imine (C=N–C) groups is 1. The highest BCUT2D eigenvalue weighted by atomic mass is 16.5. The van der Waals surface area contributed by atoms with E-state index in [0.717, 1.165) is 24.2 Å². The minimum absolute atomic E-state index is 0.349. The Morgan fingerprint density at radius 3 is 2.74 bits per heavy atom. The van der Waals surface area contributed by atoms with Crippen molar-refractivity contribution in [2.24, 2.45) is 18.0 Å². The summed E-state index contributed by atoms with van der Waals surface area (Å²) in [5.41, 5.74) is 1.19. The van der Waals surface area contributed by atoms with Crippen molar-refractivity contribution in [2.45, 2.75) is 27.0 Å². The molecule has 1 heterocycles. The van der Waals surface area contributed by atoms with E-state index in [0.29, 0.717) is 32.2 Å². The summed E-state index contributed by atoms with van der Waals surface area (Å²) in [5.74, 6) is 2.77. The molecule has 1 aromatic heterocycles. The molecule has 0 saturated heterocycles. The third kappa shape index (κ3) is 7.22. The second-order valence-corrected chi connectivity index (χ2v) is 6.54. The van der Waals surface area contributed by atoms with Crippen LogP contribution in [-0.4, -0.2) is 40.4 Å². The van der Waals surface area contributed by atoms with Gasteiger partial charge in [-0.15, -0.1) is 16.8 Å². The molecule has 7 heteroatoms. The van der Waals surface area contributed by atoms with Gasteiger partial charge in [-0.25, -0.2) is 4.99 Å². The zero-order chi connectivity index (χ0) is 19.5. The number of benzene rings is 1. The van der Waals surface area contributed by atoms with Crippen LogP contribution in [0.5, 0.6) is 0 Å². The van der Waals surface area contributed by atoms with E-state index in [1.807, 2.05) is 36.7 Å². The maximum absolute atomic E-state index is 5.80. The van der Waals surface area contributed by atoms with Gasteiger partial charge in [-0.3, -0.25) is 0 Å². The van der Waals surface area contributed by atoms with Crippen molar-refractivity contribution in [3.05, 3.63) is 60.2 Å². The number of aromatic nitrogens is 3. The first-order valence-corrected chi connectivity index (χ1v) is 9.19. The van der Waals surface area contributed by atoms with E-state index in [4.69, 9.17) is 4.74 Å². The monoisotopic (exact) mass is 370 g/mol. The third-order valence-corrected chi connectivity index (χ3v) is 4.11. The number of hydrogen-bond donors (Lipinski definition) is 2. The van der Waals surface area contributed by atoms with Gasteiger partial charge in [0.2, 0.25) is 0 Å². The molecule has 0 radical (unpaired) electrons.